The lowest BCUT2D eigenvalue weighted by Crippen LogP contribution is -2.36. The molecule has 1 heterocycles. The summed E-state index contributed by atoms with van der Waals surface area (Å²) in [5.74, 6) is 2.76. The van der Waals surface area contributed by atoms with Crippen LogP contribution in [0.3, 0.4) is 0 Å². The third-order valence-corrected chi connectivity index (χ3v) is 4.15. The molecule has 0 spiro atoms. The van der Waals surface area contributed by atoms with Crippen LogP contribution in [0.5, 0.6) is 0 Å². The molecule has 2 N–H and O–H groups in total. The fourth-order valence-corrected chi connectivity index (χ4v) is 2.28. The van der Waals surface area contributed by atoms with Crippen molar-refractivity contribution in [3.8, 4) is 0 Å². The van der Waals surface area contributed by atoms with E-state index in [0.717, 1.165) is 24.1 Å². The van der Waals surface area contributed by atoms with Crippen molar-refractivity contribution in [2.24, 2.45) is 11.7 Å². The molecule has 0 bridgehead atoms. The lowest BCUT2D eigenvalue weighted by Gasteiger charge is -2.31. The molecule has 0 aromatic carbocycles. The molecule has 5 heteroatoms. The maximum atomic E-state index is 5.70. The largest absolute Gasteiger partial charge is 0.359 e. The number of nitrogens with zero attached hydrogens (tertiary/aromatic N) is 4. The zero-order chi connectivity index (χ0) is 13.8. The smallest absolute Gasteiger partial charge is 0.134 e. The van der Waals surface area contributed by atoms with E-state index >= 15 is 0 Å². The van der Waals surface area contributed by atoms with Crippen molar-refractivity contribution in [2.45, 2.75) is 32.2 Å². The van der Waals surface area contributed by atoms with E-state index in [4.69, 9.17) is 5.73 Å². The number of nitrogens with two attached hydrogens (primary N) is 1. The molecule has 1 aromatic rings. The molecule has 1 atom stereocenters. The van der Waals surface area contributed by atoms with Gasteiger partial charge in [-0.25, -0.2) is 9.97 Å². The van der Waals surface area contributed by atoms with Crippen LogP contribution in [0, 0.1) is 5.92 Å². The molecule has 0 amide bonds. The average Bonchev–Trinajstić information content (AvgIpc) is 2.41. The van der Waals surface area contributed by atoms with Crippen LogP contribution in [-0.2, 0) is 0 Å². The Morgan fingerprint density at radius 1 is 1.32 bits per heavy atom. The van der Waals surface area contributed by atoms with Gasteiger partial charge in [-0.15, -0.1) is 0 Å². The van der Waals surface area contributed by atoms with E-state index in [1.54, 1.807) is 6.33 Å². The third kappa shape index (κ3) is 3.35. The van der Waals surface area contributed by atoms with Gasteiger partial charge in [0.05, 0.1) is 0 Å². The van der Waals surface area contributed by atoms with Crippen LogP contribution >= 0.6 is 0 Å². The molecule has 1 aliphatic rings. The van der Waals surface area contributed by atoms with Gasteiger partial charge in [0.25, 0.3) is 0 Å². The van der Waals surface area contributed by atoms with Crippen LogP contribution in [0.1, 0.15) is 26.2 Å². The normalized spacial score (nSPS) is 16.8. The van der Waals surface area contributed by atoms with Crippen LogP contribution in [0.2, 0.25) is 0 Å². The van der Waals surface area contributed by atoms with Crippen molar-refractivity contribution in [3.05, 3.63) is 12.4 Å². The van der Waals surface area contributed by atoms with E-state index in [9.17, 15) is 0 Å². The minimum absolute atomic E-state index is 0.277. The zero-order valence-electron chi connectivity index (χ0n) is 12.2. The number of likely N-dealkylation sites (N-methyl/N-ethyl adjacent to an activating group) is 1. The van der Waals surface area contributed by atoms with E-state index in [2.05, 4.69) is 33.7 Å². The molecule has 1 saturated carbocycles. The first-order chi connectivity index (χ1) is 9.11. The molecule has 0 radical (unpaired) electrons. The zero-order valence-corrected chi connectivity index (χ0v) is 12.2. The van der Waals surface area contributed by atoms with E-state index in [0.29, 0.717) is 6.54 Å². The minimum atomic E-state index is 0.277. The molecule has 5 nitrogen and oxygen atoms in total. The number of hydrogen-bond donors (Lipinski definition) is 1. The molecule has 0 saturated heterocycles. The molecule has 106 valence electrons. The quantitative estimate of drug-likeness (QED) is 0.843. The van der Waals surface area contributed by atoms with Crippen molar-refractivity contribution in [1.82, 2.24) is 9.97 Å². The molecular formula is C14H25N5. The van der Waals surface area contributed by atoms with Crippen LogP contribution < -0.4 is 15.5 Å². The minimum Gasteiger partial charge on any atom is -0.359 e. The van der Waals surface area contributed by atoms with Gasteiger partial charge in [-0.2, -0.15) is 0 Å². The SMILES string of the molecule is CC(CN)N(C)c1cc(N(C)CC2CCC2)ncn1. The monoisotopic (exact) mass is 263 g/mol. The number of anilines is 2. The van der Waals surface area contributed by atoms with Gasteiger partial charge < -0.3 is 15.5 Å². The fourth-order valence-electron chi connectivity index (χ4n) is 2.28. The molecule has 1 aliphatic carbocycles. The second-order valence-corrected chi connectivity index (χ2v) is 5.61. The summed E-state index contributed by atoms with van der Waals surface area (Å²) in [4.78, 5) is 13.0. The second kappa shape index (κ2) is 6.19. The molecule has 19 heavy (non-hydrogen) atoms. The lowest BCUT2D eigenvalue weighted by molar-refractivity contribution is 0.321. The summed E-state index contributed by atoms with van der Waals surface area (Å²) in [7, 11) is 4.13. The first-order valence-electron chi connectivity index (χ1n) is 7.08. The summed E-state index contributed by atoms with van der Waals surface area (Å²) in [5, 5.41) is 0. The summed E-state index contributed by atoms with van der Waals surface area (Å²) < 4.78 is 0. The number of hydrogen-bond acceptors (Lipinski definition) is 5. The predicted molar refractivity (Wildman–Crippen MR) is 79.6 cm³/mol. The Morgan fingerprint density at radius 3 is 2.58 bits per heavy atom. The molecule has 2 rings (SSSR count). The maximum absolute atomic E-state index is 5.70. The van der Waals surface area contributed by atoms with Crippen LogP contribution in [0.25, 0.3) is 0 Å². The highest BCUT2D eigenvalue weighted by Gasteiger charge is 2.20. The van der Waals surface area contributed by atoms with Gasteiger partial charge in [0.15, 0.2) is 0 Å². The third-order valence-electron chi connectivity index (χ3n) is 4.15. The highest BCUT2D eigenvalue weighted by molar-refractivity contribution is 5.49. The highest BCUT2D eigenvalue weighted by Crippen LogP contribution is 2.28. The molecule has 0 aliphatic heterocycles. The van der Waals surface area contributed by atoms with E-state index < -0.39 is 0 Å². The Hall–Kier alpha value is -1.36. The molecule has 1 fully saturated rings. The maximum Gasteiger partial charge on any atom is 0.134 e. The van der Waals surface area contributed by atoms with Gasteiger partial charge in [-0.05, 0) is 25.7 Å². The van der Waals surface area contributed by atoms with E-state index in [1.807, 2.05) is 13.1 Å². The van der Waals surface area contributed by atoms with E-state index in [-0.39, 0.29) is 6.04 Å². The van der Waals surface area contributed by atoms with Gasteiger partial charge in [-0.3, -0.25) is 0 Å². The lowest BCUT2D eigenvalue weighted by atomic mass is 9.85. The van der Waals surface area contributed by atoms with Gasteiger partial charge in [0.2, 0.25) is 0 Å². The summed E-state index contributed by atoms with van der Waals surface area (Å²) in [5.41, 5.74) is 5.70. The summed E-state index contributed by atoms with van der Waals surface area (Å²) in [6, 6.07) is 2.32. The second-order valence-electron chi connectivity index (χ2n) is 5.61. The van der Waals surface area contributed by atoms with Gasteiger partial charge >= 0.3 is 0 Å². The highest BCUT2D eigenvalue weighted by atomic mass is 15.2. The van der Waals surface area contributed by atoms with Gasteiger partial charge in [0, 0.05) is 39.3 Å². The van der Waals surface area contributed by atoms with Crippen LogP contribution in [-0.4, -0.2) is 43.2 Å². The van der Waals surface area contributed by atoms with Crippen molar-refractivity contribution in [1.29, 1.82) is 0 Å². The van der Waals surface area contributed by atoms with Crippen molar-refractivity contribution >= 4 is 11.6 Å². The molecule has 1 aromatic heterocycles. The first-order valence-corrected chi connectivity index (χ1v) is 7.08. The Kier molecular flexibility index (Phi) is 4.58. The Bertz CT molecular complexity index is 405. The van der Waals surface area contributed by atoms with Crippen molar-refractivity contribution in [3.63, 3.8) is 0 Å². The number of rotatable bonds is 6. The van der Waals surface area contributed by atoms with Crippen molar-refractivity contribution in [2.75, 3.05) is 37.0 Å². The van der Waals surface area contributed by atoms with Crippen molar-refractivity contribution < 1.29 is 0 Å². The van der Waals surface area contributed by atoms with E-state index in [1.165, 1.54) is 19.3 Å². The summed E-state index contributed by atoms with van der Waals surface area (Å²) >= 11 is 0. The topological polar surface area (TPSA) is 58.3 Å². The first kappa shape index (κ1) is 14.1. The van der Waals surface area contributed by atoms with Gasteiger partial charge in [0.1, 0.15) is 18.0 Å². The Labute approximate surface area is 115 Å². The predicted octanol–water partition coefficient (Wildman–Crippen LogP) is 1.50. The van der Waals surface area contributed by atoms with Crippen LogP contribution in [0.15, 0.2) is 12.4 Å². The van der Waals surface area contributed by atoms with Crippen LogP contribution in [0.4, 0.5) is 11.6 Å². The fraction of sp³-hybridized carbons (Fsp3) is 0.714. The number of aromatic nitrogens is 2. The van der Waals surface area contributed by atoms with Gasteiger partial charge in [-0.1, -0.05) is 6.42 Å². The average molecular weight is 263 g/mol. The standard InChI is InChI=1S/C14H25N5/c1-11(8-15)19(3)14-7-13(16-10-17-14)18(2)9-12-5-4-6-12/h7,10-12H,4-6,8-9,15H2,1-3H3. The summed E-state index contributed by atoms with van der Waals surface area (Å²) in [6.07, 6.45) is 5.73. The molecule has 1 unspecified atom stereocenters. The molecular weight excluding hydrogens is 238 g/mol. The Morgan fingerprint density at radius 2 is 2.00 bits per heavy atom. The summed E-state index contributed by atoms with van der Waals surface area (Å²) in [6.45, 7) is 3.81. The Balaban J connectivity index is 2.04.